The molecule has 1 atom stereocenters. The molecule has 1 unspecified atom stereocenters. The molecule has 3 aromatic heterocycles. The second-order valence-corrected chi connectivity index (χ2v) is 9.04. The fourth-order valence-electron chi connectivity index (χ4n) is 4.71. The molecule has 2 aromatic carbocycles. The van der Waals surface area contributed by atoms with Crippen LogP contribution in [0.5, 0.6) is 0 Å². The molecule has 3 N–H and O–H groups in total. The topological polar surface area (TPSA) is 89.6 Å². The SMILES string of the molecule is NC(=O)c1cnc2[nH]ccc2c1C#CC#CC1(C(c2cc(F)ccc2F)n2cc3ccccc3n2)CC1. The van der Waals surface area contributed by atoms with Gasteiger partial charge in [0.2, 0.25) is 0 Å². The fourth-order valence-corrected chi connectivity index (χ4v) is 4.71. The summed E-state index contributed by atoms with van der Waals surface area (Å²) in [6, 6.07) is 12.1. The highest BCUT2D eigenvalue weighted by atomic mass is 19.1. The number of H-pyrrole nitrogens is 1. The predicted octanol–water partition coefficient (Wildman–Crippen LogP) is 4.71. The van der Waals surface area contributed by atoms with Crippen molar-refractivity contribution in [2.75, 3.05) is 0 Å². The molecule has 1 aliphatic rings. The van der Waals surface area contributed by atoms with Gasteiger partial charge in [-0.1, -0.05) is 30.0 Å². The van der Waals surface area contributed by atoms with E-state index < -0.39 is 29.0 Å². The number of rotatable bonds is 4. The maximum absolute atomic E-state index is 15.0. The lowest BCUT2D eigenvalue weighted by molar-refractivity contribution is 0.1000. The average molecular weight is 492 g/mol. The van der Waals surface area contributed by atoms with Crippen molar-refractivity contribution in [2.45, 2.75) is 18.9 Å². The number of amides is 1. The van der Waals surface area contributed by atoms with Crippen molar-refractivity contribution in [3.8, 4) is 23.7 Å². The van der Waals surface area contributed by atoms with Gasteiger partial charge in [0.05, 0.1) is 28.1 Å². The Morgan fingerprint density at radius 2 is 1.97 bits per heavy atom. The van der Waals surface area contributed by atoms with Crippen molar-refractivity contribution in [3.05, 3.63) is 95.4 Å². The number of hydrogen-bond donors (Lipinski definition) is 2. The molecule has 0 saturated heterocycles. The maximum Gasteiger partial charge on any atom is 0.251 e. The van der Waals surface area contributed by atoms with E-state index in [-0.39, 0.29) is 11.1 Å². The third kappa shape index (κ3) is 3.99. The van der Waals surface area contributed by atoms with E-state index in [9.17, 15) is 9.18 Å². The molecule has 3 heterocycles. The number of fused-ring (bicyclic) bond motifs is 2. The van der Waals surface area contributed by atoms with E-state index in [2.05, 4.69) is 38.7 Å². The van der Waals surface area contributed by atoms with Crippen LogP contribution in [0.1, 0.15) is 40.4 Å². The van der Waals surface area contributed by atoms with Crippen molar-refractivity contribution in [2.24, 2.45) is 11.1 Å². The van der Waals surface area contributed by atoms with Crippen molar-refractivity contribution < 1.29 is 13.6 Å². The minimum absolute atomic E-state index is 0.187. The second kappa shape index (κ2) is 8.61. The maximum atomic E-state index is 15.0. The van der Waals surface area contributed by atoms with Crippen LogP contribution in [0, 0.1) is 40.7 Å². The van der Waals surface area contributed by atoms with Crippen LogP contribution in [-0.4, -0.2) is 25.7 Å². The summed E-state index contributed by atoms with van der Waals surface area (Å²) in [6.07, 6.45) is 6.25. The molecule has 0 radical (unpaired) electrons. The van der Waals surface area contributed by atoms with E-state index in [1.54, 1.807) is 16.9 Å². The van der Waals surface area contributed by atoms with E-state index in [0.29, 0.717) is 29.4 Å². The van der Waals surface area contributed by atoms with Crippen LogP contribution in [0.2, 0.25) is 0 Å². The molecule has 1 saturated carbocycles. The van der Waals surface area contributed by atoms with Crippen molar-refractivity contribution >= 4 is 27.8 Å². The van der Waals surface area contributed by atoms with Gasteiger partial charge in [-0.05, 0) is 55.0 Å². The number of halogens is 2. The summed E-state index contributed by atoms with van der Waals surface area (Å²) in [4.78, 5) is 19.1. The molecule has 0 aliphatic heterocycles. The van der Waals surface area contributed by atoms with Crippen LogP contribution >= 0.6 is 0 Å². The van der Waals surface area contributed by atoms with Gasteiger partial charge in [-0.15, -0.1) is 0 Å². The highest BCUT2D eigenvalue weighted by Crippen LogP contribution is 2.56. The molecular weight excluding hydrogens is 472 g/mol. The van der Waals surface area contributed by atoms with Crippen LogP contribution < -0.4 is 5.73 Å². The number of carbonyl (C=O) groups is 1. The number of aromatic nitrogens is 4. The largest absolute Gasteiger partial charge is 0.366 e. The van der Waals surface area contributed by atoms with Crippen LogP contribution in [0.4, 0.5) is 8.78 Å². The molecule has 6 rings (SSSR count). The Hall–Kier alpha value is -4.95. The molecule has 1 fully saturated rings. The Morgan fingerprint density at radius 1 is 1.14 bits per heavy atom. The van der Waals surface area contributed by atoms with Crippen LogP contribution in [-0.2, 0) is 0 Å². The first-order valence-electron chi connectivity index (χ1n) is 11.6. The quantitative estimate of drug-likeness (QED) is 0.357. The Bertz CT molecular complexity index is 1790. The lowest BCUT2D eigenvalue weighted by atomic mass is 9.90. The highest BCUT2D eigenvalue weighted by molar-refractivity contribution is 6.00. The van der Waals surface area contributed by atoms with E-state index in [1.165, 1.54) is 12.3 Å². The summed E-state index contributed by atoms with van der Waals surface area (Å²) in [5, 5.41) is 6.21. The van der Waals surface area contributed by atoms with Crippen molar-refractivity contribution in [3.63, 3.8) is 0 Å². The Balaban J connectivity index is 1.44. The fraction of sp³-hybridized carbons (Fsp3) is 0.138. The predicted molar refractivity (Wildman–Crippen MR) is 135 cm³/mol. The summed E-state index contributed by atoms with van der Waals surface area (Å²) >= 11 is 0. The van der Waals surface area contributed by atoms with Crippen LogP contribution in [0.3, 0.4) is 0 Å². The molecule has 8 heteroatoms. The van der Waals surface area contributed by atoms with E-state index in [4.69, 9.17) is 5.73 Å². The van der Waals surface area contributed by atoms with Gasteiger partial charge in [0, 0.05) is 34.9 Å². The molecule has 5 aromatic rings. The zero-order chi connectivity index (χ0) is 25.6. The van der Waals surface area contributed by atoms with Crippen molar-refractivity contribution in [1.82, 2.24) is 19.7 Å². The molecule has 180 valence electrons. The molecule has 1 amide bonds. The Morgan fingerprint density at radius 3 is 2.76 bits per heavy atom. The highest BCUT2D eigenvalue weighted by Gasteiger charge is 2.51. The number of nitrogens with zero attached hydrogens (tertiary/aromatic N) is 3. The lowest BCUT2D eigenvalue weighted by Gasteiger charge is -2.24. The summed E-state index contributed by atoms with van der Waals surface area (Å²) in [5.41, 5.74) is 6.98. The zero-order valence-corrected chi connectivity index (χ0v) is 19.4. The van der Waals surface area contributed by atoms with E-state index in [0.717, 1.165) is 23.0 Å². The molecule has 0 bridgehead atoms. The number of pyridine rings is 1. The third-order valence-corrected chi connectivity index (χ3v) is 6.67. The van der Waals surface area contributed by atoms with E-state index >= 15 is 4.39 Å². The zero-order valence-electron chi connectivity index (χ0n) is 19.4. The number of hydrogen-bond acceptors (Lipinski definition) is 3. The van der Waals surface area contributed by atoms with Gasteiger partial charge >= 0.3 is 0 Å². The number of primary amides is 1. The monoisotopic (exact) mass is 491 g/mol. The molecular formula is C29H19F2N5O. The standard InChI is InChI=1S/C29H19F2N5O/c30-19-8-9-24(31)22(15-19)26(36-17-18-5-1-2-7-25(18)35-36)29(12-13-29)11-4-3-6-20-21-10-14-33-28(21)34-16-23(20)27(32)37/h1-2,5,7-10,14-17,26H,12-13H2,(H2,32,37)(H,33,34). The minimum atomic E-state index is -0.681. The first-order valence-corrected chi connectivity index (χ1v) is 11.6. The van der Waals surface area contributed by atoms with Gasteiger partial charge in [0.1, 0.15) is 17.3 Å². The summed E-state index contributed by atoms with van der Waals surface area (Å²) < 4.78 is 30.9. The summed E-state index contributed by atoms with van der Waals surface area (Å²) in [7, 11) is 0. The number of aromatic amines is 1. The molecule has 6 nitrogen and oxygen atoms in total. The number of nitrogens with one attached hydrogen (secondary N) is 1. The second-order valence-electron chi connectivity index (χ2n) is 9.04. The first-order chi connectivity index (χ1) is 17.9. The van der Waals surface area contributed by atoms with Gasteiger partial charge in [0.15, 0.2) is 0 Å². The Kier molecular flexibility index (Phi) is 5.24. The minimum Gasteiger partial charge on any atom is -0.366 e. The van der Waals surface area contributed by atoms with Crippen LogP contribution in [0.15, 0.2) is 67.1 Å². The molecule has 0 spiro atoms. The summed E-state index contributed by atoms with van der Waals surface area (Å²) in [5.74, 6) is 10.2. The lowest BCUT2D eigenvalue weighted by Crippen LogP contribution is -2.23. The smallest absolute Gasteiger partial charge is 0.251 e. The Labute approximate surface area is 210 Å². The average Bonchev–Trinajstić information content (AvgIpc) is 3.30. The van der Waals surface area contributed by atoms with Gasteiger partial charge in [-0.3, -0.25) is 9.48 Å². The normalized spacial score (nSPS) is 14.4. The van der Waals surface area contributed by atoms with Gasteiger partial charge in [-0.2, -0.15) is 5.10 Å². The third-order valence-electron chi connectivity index (χ3n) is 6.67. The van der Waals surface area contributed by atoms with Gasteiger partial charge in [0.25, 0.3) is 5.91 Å². The van der Waals surface area contributed by atoms with E-state index in [1.807, 2.05) is 30.5 Å². The summed E-state index contributed by atoms with van der Waals surface area (Å²) in [6.45, 7) is 0. The number of carbonyl (C=O) groups excluding carboxylic acids is 1. The number of nitrogens with two attached hydrogens (primary N) is 1. The first kappa shape index (κ1) is 22.5. The number of benzene rings is 2. The molecule has 37 heavy (non-hydrogen) atoms. The molecule has 1 aliphatic carbocycles. The van der Waals surface area contributed by atoms with Crippen LogP contribution in [0.25, 0.3) is 21.9 Å². The van der Waals surface area contributed by atoms with Gasteiger partial charge < -0.3 is 10.7 Å². The van der Waals surface area contributed by atoms with Crippen molar-refractivity contribution in [1.29, 1.82) is 0 Å². The van der Waals surface area contributed by atoms with Gasteiger partial charge in [-0.25, -0.2) is 13.8 Å².